The lowest BCUT2D eigenvalue weighted by molar-refractivity contribution is 0.390. The highest BCUT2D eigenvalue weighted by atomic mass is 32.2. The van der Waals surface area contributed by atoms with Crippen LogP contribution in [0.2, 0.25) is 0 Å². The predicted molar refractivity (Wildman–Crippen MR) is 81.4 cm³/mol. The number of sulfonamides is 1. The molecule has 0 atom stereocenters. The molecule has 0 bridgehead atoms. The number of nitrogens with zero attached hydrogens (tertiary/aromatic N) is 4. The topological polar surface area (TPSA) is 103 Å². The Morgan fingerprint density at radius 1 is 1.26 bits per heavy atom. The van der Waals surface area contributed by atoms with Crippen molar-refractivity contribution in [1.29, 1.82) is 0 Å². The van der Waals surface area contributed by atoms with Crippen LogP contribution >= 0.6 is 0 Å². The lowest BCUT2D eigenvalue weighted by Crippen LogP contribution is -2.25. The van der Waals surface area contributed by atoms with E-state index in [0.717, 1.165) is 0 Å². The van der Waals surface area contributed by atoms with Gasteiger partial charge < -0.3 is 4.52 Å². The van der Waals surface area contributed by atoms with Gasteiger partial charge in [0.05, 0.1) is 0 Å². The van der Waals surface area contributed by atoms with Crippen LogP contribution in [0.1, 0.15) is 17.0 Å². The van der Waals surface area contributed by atoms with Crippen LogP contribution in [0, 0.1) is 13.8 Å². The molecule has 0 aliphatic rings. The Kier molecular flexibility index (Phi) is 3.97. The summed E-state index contributed by atoms with van der Waals surface area (Å²) in [7, 11) is -3.73. The smallest absolute Gasteiger partial charge is 0.246 e. The van der Waals surface area contributed by atoms with Crippen LogP contribution in [0.5, 0.6) is 0 Å². The molecule has 0 aliphatic heterocycles. The Morgan fingerprint density at radius 3 is 2.74 bits per heavy atom. The standard InChI is InChI=1S/C14H15N5O3S/c1-10-13(11(2)22-18-10)23(20,21)17-9-12-5-3-6-15-14(12)19-8-4-7-16-19/h3-8,17H,9H2,1-2H3. The minimum atomic E-state index is -3.73. The van der Waals surface area contributed by atoms with Gasteiger partial charge in [0.1, 0.15) is 10.6 Å². The van der Waals surface area contributed by atoms with E-state index < -0.39 is 10.0 Å². The molecular formula is C14H15N5O3S. The van der Waals surface area contributed by atoms with Crippen molar-refractivity contribution >= 4 is 10.0 Å². The average molecular weight is 333 g/mol. The van der Waals surface area contributed by atoms with Gasteiger partial charge in [0.2, 0.25) is 10.0 Å². The van der Waals surface area contributed by atoms with E-state index in [1.807, 2.05) is 0 Å². The van der Waals surface area contributed by atoms with Crippen LogP contribution in [-0.4, -0.2) is 28.3 Å². The highest BCUT2D eigenvalue weighted by Crippen LogP contribution is 2.19. The summed E-state index contributed by atoms with van der Waals surface area (Å²) < 4.78 is 34.0. The van der Waals surface area contributed by atoms with Crippen molar-refractivity contribution in [3.8, 4) is 5.82 Å². The molecule has 9 heteroatoms. The molecule has 0 radical (unpaired) electrons. The Balaban J connectivity index is 1.87. The number of hydrogen-bond acceptors (Lipinski definition) is 6. The zero-order chi connectivity index (χ0) is 16.4. The molecule has 23 heavy (non-hydrogen) atoms. The summed E-state index contributed by atoms with van der Waals surface area (Å²) >= 11 is 0. The quantitative estimate of drug-likeness (QED) is 0.756. The molecule has 120 valence electrons. The molecule has 0 saturated heterocycles. The number of aryl methyl sites for hydroxylation is 2. The summed E-state index contributed by atoms with van der Waals surface area (Å²) in [4.78, 5) is 4.33. The van der Waals surface area contributed by atoms with Crippen molar-refractivity contribution in [2.75, 3.05) is 0 Å². The highest BCUT2D eigenvalue weighted by Gasteiger charge is 2.24. The lowest BCUT2D eigenvalue weighted by Gasteiger charge is -2.10. The van der Waals surface area contributed by atoms with E-state index >= 15 is 0 Å². The Morgan fingerprint density at radius 2 is 2.09 bits per heavy atom. The second kappa shape index (κ2) is 5.94. The molecule has 0 aliphatic carbocycles. The molecule has 0 saturated carbocycles. The van der Waals surface area contributed by atoms with Gasteiger partial charge >= 0.3 is 0 Å². The van der Waals surface area contributed by atoms with Crippen molar-refractivity contribution in [3.63, 3.8) is 0 Å². The summed E-state index contributed by atoms with van der Waals surface area (Å²) in [6.07, 6.45) is 5.00. The highest BCUT2D eigenvalue weighted by molar-refractivity contribution is 7.89. The van der Waals surface area contributed by atoms with Crippen LogP contribution in [0.25, 0.3) is 5.82 Å². The fraction of sp³-hybridized carbons (Fsp3) is 0.214. The Bertz CT molecular complexity index is 896. The fourth-order valence-electron chi connectivity index (χ4n) is 2.27. The van der Waals surface area contributed by atoms with Gasteiger partial charge in [-0.15, -0.1) is 0 Å². The third-order valence-electron chi connectivity index (χ3n) is 3.28. The first kappa shape index (κ1) is 15.4. The average Bonchev–Trinajstić information content (AvgIpc) is 3.16. The number of pyridine rings is 1. The van der Waals surface area contributed by atoms with Crippen molar-refractivity contribution in [2.45, 2.75) is 25.3 Å². The largest absolute Gasteiger partial charge is 0.360 e. The van der Waals surface area contributed by atoms with Gasteiger partial charge in [-0.1, -0.05) is 11.2 Å². The lowest BCUT2D eigenvalue weighted by atomic mass is 10.2. The maximum atomic E-state index is 12.5. The van der Waals surface area contributed by atoms with Crippen molar-refractivity contribution in [3.05, 3.63) is 53.8 Å². The summed E-state index contributed by atoms with van der Waals surface area (Å²) in [5, 5.41) is 7.80. The first-order chi connectivity index (χ1) is 11.0. The van der Waals surface area contributed by atoms with E-state index in [9.17, 15) is 8.42 Å². The van der Waals surface area contributed by atoms with Gasteiger partial charge in [0.15, 0.2) is 11.6 Å². The van der Waals surface area contributed by atoms with Gasteiger partial charge in [0.25, 0.3) is 0 Å². The normalized spacial score (nSPS) is 11.7. The monoisotopic (exact) mass is 333 g/mol. The Labute approximate surface area is 133 Å². The summed E-state index contributed by atoms with van der Waals surface area (Å²) in [6, 6.07) is 5.30. The third-order valence-corrected chi connectivity index (χ3v) is 4.92. The van der Waals surface area contributed by atoms with Gasteiger partial charge in [-0.2, -0.15) is 5.10 Å². The minimum Gasteiger partial charge on any atom is -0.360 e. The van der Waals surface area contributed by atoms with E-state index in [0.29, 0.717) is 17.1 Å². The predicted octanol–water partition coefficient (Wildman–Crippen LogP) is 1.35. The molecular weight excluding hydrogens is 318 g/mol. The zero-order valence-corrected chi connectivity index (χ0v) is 13.4. The number of hydrogen-bond donors (Lipinski definition) is 1. The molecule has 0 unspecified atom stereocenters. The molecule has 0 aromatic carbocycles. The number of aromatic nitrogens is 4. The molecule has 1 N–H and O–H groups in total. The van der Waals surface area contributed by atoms with E-state index in [1.54, 1.807) is 55.3 Å². The van der Waals surface area contributed by atoms with Crippen LogP contribution in [0.15, 0.2) is 46.2 Å². The van der Waals surface area contributed by atoms with E-state index in [4.69, 9.17) is 4.52 Å². The van der Waals surface area contributed by atoms with Crippen LogP contribution in [0.3, 0.4) is 0 Å². The van der Waals surface area contributed by atoms with Gasteiger partial charge in [0, 0.05) is 30.7 Å². The van der Waals surface area contributed by atoms with Crippen molar-refractivity contribution in [2.24, 2.45) is 0 Å². The van der Waals surface area contributed by atoms with E-state index in [1.165, 1.54) is 0 Å². The maximum Gasteiger partial charge on any atom is 0.246 e. The number of nitrogens with one attached hydrogen (secondary N) is 1. The number of rotatable bonds is 5. The summed E-state index contributed by atoms with van der Waals surface area (Å²) in [6.45, 7) is 3.23. The van der Waals surface area contributed by atoms with Crippen LogP contribution in [-0.2, 0) is 16.6 Å². The summed E-state index contributed by atoms with van der Waals surface area (Å²) in [5.74, 6) is 0.826. The molecule has 3 aromatic rings. The molecule has 3 aromatic heterocycles. The van der Waals surface area contributed by atoms with Gasteiger partial charge in [-0.25, -0.2) is 22.8 Å². The molecule has 0 amide bonds. The zero-order valence-electron chi connectivity index (χ0n) is 12.6. The SMILES string of the molecule is Cc1noc(C)c1S(=O)(=O)NCc1cccnc1-n1cccn1. The Hall–Kier alpha value is -2.52. The van der Waals surface area contributed by atoms with Gasteiger partial charge in [-0.05, 0) is 26.0 Å². The molecule has 3 heterocycles. The molecule has 0 spiro atoms. The fourth-order valence-corrected chi connectivity index (χ4v) is 3.60. The second-order valence-corrected chi connectivity index (χ2v) is 6.62. The minimum absolute atomic E-state index is 0.0713. The molecule has 0 fully saturated rings. The maximum absolute atomic E-state index is 12.5. The second-order valence-electron chi connectivity index (χ2n) is 4.91. The van der Waals surface area contributed by atoms with Crippen LogP contribution in [0.4, 0.5) is 0 Å². The van der Waals surface area contributed by atoms with Crippen molar-refractivity contribution in [1.82, 2.24) is 24.6 Å². The van der Waals surface area contributed by atoms with Gasteiger partial charge in [-0.3, -0.25) is 0 Å². The molecule has 3 rings (SSSR count). The van der Waals surface area contributed by atoms with E-state index in [-0.39, 0.29) is 17.2 Å². The first-order valence-electron chi connectivity index (χ1n) is 6.85. The van der Waals surface area contributed by atoms with Crippen molar-refractivity contribution < 1.29 is 12.9 Å². The van der Waals surface area contributed by atoms with E-state index in [2.05, 4.69) is 20.0 Å². The summed E-state index contributed by atoms with van der Waals surface area (Å²) in [5.41, 5.74) is 1.03. The first-order valence-corrected chi connectivity index (χ1v) is 8.34. The third kappa shape index (κ3) is 3.01. The van der Waals surface area contributed by atoms with Crippen LogP contribution < -0.4 is 4.72 Å². The molecule has 8 nitrogen and oxygen atoms in total.